The zero-order valence-corrected chi connectivity index (χ0v) is 23.7. The average molecular weight is 614 g/mol. The summed E-state index contributed by atoms with van der Waals surface area (Å²) in [7, 11) is 0. The van der Waals surface area contributed by atoms with Gasteiger partial charge in [-0.25, -0.2) is 4.39 Å². The molecule has 40 heavy (non-hydrogen) atoms. The predicted octanol–water partition coefficient (Wildman–Crippen LogP) is 9.44. The van der Waals surface area contributed by atoms with Gasteiger partial charge in [0.05, 0.1) is 21.2 Å². The van der Waals surface area contributed by atoms with Crippen LogP contribution in [0, 0.1) is 5.82 Å². The van der Waals surface area contributed by atoms with E-state index in [4.69, 9.17) is 28.0 Å². The van der Waals surface area contributed by atoms with Gasteiger partial charge in [-0.1, -0.05) is 59.9 Å². The number of carbonyl (C=O) groups is 1. The molecule has 4 rings (SSSR count). The van der Waals surface area contributed by atoms with E-state index >= 15 is 0 Å². The zero-order chi connectivity index (χ0) is 29.1. The summed E-state index contributed by atoms with van der Waals surface area (Å²) in [6, 6.07) is 11.5. The lowest BCUT2D eigenvalue weighted by Crippen LogP contribution is -2.38. The Labute approximate surface area is 242 Å². The minimum atomic E-state index is -4.56. The molecule has 1 aliphatic carbocycles. The number of allylic oxidation sites excluding steroid dienone is 2. The number of ketones is 1. The molecule has 0 saturated carbocycles. The van der Waals surface area contributed by atoms with Crippen LogP contribution in [0.5, 0.6) is 0 Å². The summed E-state index contributed by atoms with van der Waals surface area (Å²) in [6.45, 7) is 2.09. The van der Waals surface area contributed by atoms with Gasteiger partial charge in [-0.05, 0) is 60.4 Å². The number of unbranched alkanes of at least 4 members (excludes halogenated alkanes) is 1. The van der Waals surface area contributed by atoms with Gasteiger partial charge in [0.25, 0.3) is 0 Å². The van der Waals surface area contributed by atoms with Gasteiger partial charge in [0.2, 0.25) is 0 Å². The number of halogens is 6. The van der Waals surface area contributed by atoms with E-state index in [1.807, 2.05) is 6.92 Å². The third kappa shape index (κ3) is 6.53. The van der Waals surface area contributed by atoms with Crippen molar-refractivity contribution in [1.29, 1.82) is 0 Å². The number of Topliss-reactive ketones (excluding diaryl/α,β-unsaturated/α-hetero) is 1. The maximum Gasteiger partial charge on any atom is 0.416 e. The van der Waals surface area contributed by atoms with Crippen LogP contribution in [-0.4, -0.2) is 16.6 Å². The SMILES string of the molecule is CCCCC(=NOCc1ccc(Cl)s1)C1=C(O)CC(c2ccc(C(F)(F)F)cc2)(c2ccc(F)cc2Cl)CC1=O. The van der Waals surface area contributed by atoms with Crippen LogP contribution in [0.3, 0.4) is 0 Å². The van der Waals surface area contributed by atoms with E-state index in [0.717, 1.165) is 35.6 Å². The first-order chi connectivity index (χ1) is 18.9. The molecule has 0 spiro atoms. The fourth-order valence-corrected chi connectivity index (χ4v) is 6.20. The largest absolute Gasteiger partial charge is 0.511 e. The minimum absolute atomic E-state index is 0.0123. The number of thiophene rings is 1. The van der Waals surface area contributed by atoms with E-state index in [1.165, 1.54) is 29.5 Å². The Hall–Kier alpha value is -2.88. The van der Waals surface area contributed by atoms with E-state index < -0.39 is 28.8 Å². The van der Waals surface area contributed by atoms with Crippen LogP contribution in [-0.2, 0) is 27.8 Å². The standard InChI is InChI=1S/C29H25Cl2F4NO3S/c1-2-3-4-23(36-39-16-20-10-12-26(31)40-20)27-24(37)14-28(15-25(27)38,21-11-9-19(32)13-22(21)30)17-5-7-18(8-6-17)29(33,34)35/h5-13,37H,2-4,14-16H2,1H3. The number of aliphatic hydroxyl groups excluding tert-OH is 1. The Kier molecular flexibility index (Phi) is 9.27. The number of hydrogen-bond donors (Lipinski definition) is 1. The topological polar surface area (TPSA) is 58.9 Å². The maximum absolute atomic E-state index is 13.9. The van der Waals surface area contributed by atoms with Gasteiger partial charge >= 0.3 is 6.18 Å². The minimum Gasteiger partial charge on any atom is -0.511 e. The number of benzene rings is 2. The number of rotatable bonds is 9. The average Bonchev–Trinajstić information content (AvgIpc) is 3.30. The molecule has 3 aromatic rings. The molecule has 0 saturated heterocycles. The van der Waals surface area contributed by atoms with Gasteiger partial charge in [-0.2, -0.15) is 13.2 Å². The number of alkyl halides is 3. The molecule has 0 fully saturated rings. The second kappa shape index (κ2) is 12.3. The van der Waals surface area contributed by atoms with Gasteiger partial charge in [0, 0.05) is 28.2 Å². The molecule has 1 aromatic heterocycles. The van der Waals surface area contributed by atoms with Gasteiger partial charge in [0.1, 0.15) is 11.6 Å². The third-order valence-corrected chi connectivity index (χ3v) is 8.29. The van der Waals surface area contributed by atoms with Crippen LogP contribution in [0.2, 0.25) is 9.36 Å². The fourth-order valence-electron chi connectivity index (χ4n) is 4.86. The lowest BCUT2D eigenvalue weighted by molar-refractivity contribution is -0.137. The molecular weight excluding hydrogens is 589 g/mol. The molecule has 0 amide bonds. The second-order valence-corrected chi connectivity index (χ2v) is 11.7. The van der Waals surface area contributed by atoms with Crippen molar-refractivity contribution in [2.75, 3.05) is 0 Å². The summed E-state index contributed by atoms with van der Waals surface area (Å²) in [4.78, 5) is 20.1. The lowest BCUT2D eigenvalue weighted by Gasteiger charge is -2.39. The van der Waals surface area contributed by atoms with Crippen molar-refractivity contribution in [1.82, 2.24) is 0 Å². The van der Waals surface area contributed by atoms with Gasteiger partial charge in [-0.3, -0.25) is 4.79 Å². The highest BCUT2D eigenvalue weighted by Crippen LogP contribution is 2.48. The van der Waals surface area contributed by atoms with Crippen LogP contribution in [0.1, 0.15) is 60.6 Å². The quantitative estimate of drug-likeness (QED) is 0.148. The third-order valence-electron chi connectivity index (χ3n) is 6.78. The fraction of sp³-hybridized carbons (Fsp3) is 0.310. The van der Waals surface area contributed by atoms with Crippen molar-refractivity contribution in [3.8, 4) is 0 Å². The molecule has 0 radical (unpaired) electrons. The monoisotopic (exact) mass is 613 g/mol. The summed E-state index contributed by atoms with van der Waals surface area (Å²) >= 11 is 13.7. The van der Waals surface area contributed by atoms with Crippen LogP contribution in [0.25, 0.3) is 0 Å². The Morgan fingerprint density at radius 1 is 1.10 bits per heavy atom. The van der Waals surface area contributed by atoms with E-state index in [9.17, 15) is 27.5 Å². The molecule has 1 aliphatic rings. The van der Waals surface area contributed by atoms with Crippen molar-refractivity contribution in [2.24, 2.45) is 5.16 Å². The van der Waals surface area contributed by atoms with E-state index in [-0.39, 0.29) is 41.5 Å². The highest BCUT2D eigenvalue weighted by atomic mass is 35.5. The molecule has 1 heterocycles. The molecule has 1 N–H and O–H groups in total. The molecule has 0 bridgehead atoms. The number of oxime groups is 1. The van der Waals surface area contributed by atoms with E-state index in [2.05, 4.69) is 5.16 Å². The predicted molar refractivity (Wildman–Crippen MR) is 149 cm³/mol. The molecule has 1 atom stereocenters. The van der Waals surface area contributed by atoms with Crippen LogP contribution in [0.4, 0.5) is 17.6 Å². The van der Waals surface area contributed by atoms with Gasteiger partial charge in [-0.15, -0.1) is 11.3 Å². The highest BCUT2D eigenvalue weighted by molar-refractivity contribution is 7.16. The molecule has 11 heteroatoms. The first-order valence-corrected chi connectivity index (χ1v) is 14.0. The molecule has 2 aromatic carbocycles. The number of carbonyl (C=O) groups excluding carboxylic acids is 1. The normalized spacial score (nSPS) is 18.4. The molecule has 0 aliphatic heterocycles. The van der Waals surface area contributed by atoms with Gasteiger partial charge < -0.3 is 9.94 Å². The van der Waals surface area contributed by atoms with Crippen LogP contribution < -0.4 is 0 Å². The Morgan fingerprint density at radius 3 is 2.40 bits per heavy atom. The summed E-state index contributed by atoms with van der Waals surface area (Å²) < 4.78 is 54.3. The number of nitrogens with zero attached hydrogens (tertiary/aromatic N) is 1. The summed E-state index contributed by atoms with van der Waals surface area (Å²) in [5.41, 5.74) is -1.28. The maximum atomic E-state index is 13.9. The van der Waals surface area contributed by atoms with Crippen molar-refractivity contribution < 1.29 is 32.3 Å². The van der Waals surface area contributed by atoms with Crippen molar-refractivity contribution in [3.05, 3.63) is 103 Å². The van der Waals surface area contributed by atoms with Crippen LogP contribution in [0.15, 0.2) is 71.1 Å². The van der Waals surface area contributed by atoms with Crippen molar-refractivity contribution in [2.45, 2.75) is 57.2 Å². The molecule has 1 unspecified atom stereocenters. The molecular formula is C29H25Cl2F4NO3S. The van der Waals surface area contributed by atoms with Crippen molar-refractivity contribution >= 4 is 46.0 Å². The second-order valence-electron chi connectivity index (χ2n) is 9.50. The van der Waals surface area contributed by atoms with Crippen molar-refractivity contribution in [3.63, 3.8) is 0 Å². The first-order valence-electron chi connectivity index (χ1n) is 12.5. The van der Waals surface area contributed by atoms with E-state index in [1.54, 1.807) is 12.1 Å². The lowest BCUT2D eigenvalue weighted by atomic mass is 9.64. The summed E-state index contributed by atoms with van der Waals surface area (Å²) in [6.07, 6.45) is -3.15. The summed E-state index contributed by atoms with van der Waals surface area (Å²) in [5.74, 6) is -1.40. The summed E-state index contributed by atoms with van der Waals surface area (Å²) in [5, 5.41) is 15.5. The number of hydrogen-bond acceptors (Lipinski definition) is 5. The van der Waals surface area contributed by atoms with Crippen LogP contribution >= 0.6 is 34.5 Å². The van der Waals surface area contributed by atoms with E-state index in [0.29, 0.717) is 28.3 Å². The molecule has 4 nitrogen and oxygen atoms in total. The Bertz CT molecular complexity index is 1450. The Balaban J connectivity index is 1.77. The first kappa shape index (κ1) is 30.1. The highest BCUT2D eigenvalue weighted by Gasteiger charge is 2.45. The van der Waals surface area contributed by atoms with Gasteiger partial charge in [0.15, 0.2) is 12.4 Å². The smallest absolute Gasteiger partial charge is 0.416 e. The number of aliphatic hydroxyl groups is 1. The zero-order valence-electron chi connectivity index (χ0n) is 21.3. The Morgan fingerprint density at radius 2 is 1.82 bits per heavy atom. The molecule has 212 valence electrons.